The van der Waals surface area contributed by atoms with E-state index in [1.165, 1.54) is 36.4 Å². The van der Waals surface area contributed by atoms with Gasteiger partial charge in [-0.2, -0.15) is 0 Å². The summed E-state index contributed by atoms with van der Waals surface area (Å²) in [6.07, 6.45) is 0. The van der Waals surface area contributed by atoms with Crippen molar-refractivity contribution in [1.82, 2.24) is 5.32 Å². The molecule has 0 unspecified atom stereocenters. The zero-order valence-corrected chi connectivity index (χ0v) is 17.4. The number of nitrogens with one attached hydrogen (secondary N) is 2. The molecule has 1 aromatic heterocycles. The second kappa shape index (κ2) is 10.3. The van der Waals surface area contributed by atoms with E-state index < -0.39 is 24.5 Å². The Bertz CT molecular complexity index is 1120. The van der Waals surface area contributed by atoms with E-state index in [-0.39, 0.29) is 18.2 Å². The first-order valence-corrected chi connectivity index (χ1v) is 9.63. The Labute approximate surface area is 183 Å². The molecule has 0 aliphatic rings. The van der Waals surface area contributed by atoms with Gasteiger partial charge in [-0.1, -0.05) is 12.1 Å². The van der Waals surface area contributed by atoms with Gasteiger partial charge in [0.25, 0.3) is 5.91 Å². The molecule has 0 atom stereocenters. The molecule has 3 aromatic rings. The minimum Gasteiger partial charge on any atom is -0.486 e. The molecule has 166 valence electrons. The fraction of sp³-hybridized carbons (Fsp3) is 0.174. The second-order valence-corrected chi connectivity index (χ2v) is 6.83. The predicted molar refractivity (Wildman–Crippen MR) is 113 cm³/mol. The zero-order valence-electron chi connectivity index (χ0n) is 17.4. The van der Waals surface area contributed by atoms with Crippen molar-refractivity contribution in [1.29, 1.82) is 0 Å². The fourth-order valence-corrected chi connectivity index (χ4v) is 2.66. The number of amides is 3. The Morgan fingerprint density at radius 2 is 1.75 bits per heavy atom. The summed E-state index contributed by atoms with van der Waals surface area (Å²) in [5.41, 5.74) is 2.43. The Balaban J connectivity index is 1.43. The molecule has 3 rings (SSSR count). The number of halogens is 1. The van der Waals surface area contributed by atoms with Gasteiger partial charge in [0, 0.05) is 5.69 Å². The fourth-order valence-electron chi connectivity index (χ4n) is 2.66. The minimum absolute atomic E-state index is 0.0119. The molecule has 8 nitrogen and oxygen atoms in total. The van der Waals surface area contributed by atoms with E-state index in [2.05, 4.69) is 10.6 Å². The topological polar surface area (TPSA) is 107 Å². The number of carbonyl (C=O) groups excluding carboxylic acids is 3. The van der Waals surface area contributed by atoms with Crippen molar-refractivity contribution < 1.29 is 32.7 Å². The molecule has 0 spiro atoms. The van der Waals surface area contributed by atoms with Crippen molar-refractivity contribution in [2.24, 2.45) is 0 Å². The Morgan fingerprint density at radius 1 is 1.00 bits per heavy atom. The van der Waals surface area contributed by atoms with Gasteiger partial charge in [-0.3, -0.25) is 10.1 Å². The van der Waals surface area contributed by atoms with Crippen LogP contribution in [-0.2, 0) is 16.1 Å². The average molecular weight is 440 g/mol. The van der Waals surface area contributed by atoms with Crippen LogP contribution < -0.4 is 15.4 Å². The summed E-state index contributed by atoms with van der Waals surface area (Å²) in [4.78, 5) is 35.9. The first-order valence-electron chi connectivity index (χ1n) is 9.63. The number of ether oxygens (including phenoxy) is 2. The van der Waals surface area contributed by atoms with Gasteiger partial charge in [0.15, 0.2) is 6.61 Å². The lowest BCUT2D eigenvalue weighted by molar-refractivity contribution is -0.123. The van der Waals surface area contributed by atoms with E-state index in [1.54, 1.807) is 12.1 Å². The van der Waals surface area contributed by atoms with Gasteiger partial charge < -0.3 is 19.2 Å². The van der Waals surface area contributed by atoms with E-state index in [4.69, 9.17) is 13.9 Å². The van der Waals surface area contributed by atoms with Crippen molar-refractivity contribution in [2.75, 3.05) is 11.9 Å². The number of anilines is 1. The second-order valence-electron chi connectivity index (χ2n) is 6.83. The maximum atomic E-state index is 12.9. The lowest BCUT2D eigenvalue weighted by Crippen LogP contribution is -2.37. The zero-order chi connectivity index (χ0) is 23.1. The summed E-state index contributed by atoms with van der Waals surface area (Å²) >= 11 is 0. The number of furan rings is 1. The van der Waals surface area contributed by atoms with Crippen LogP contribution in [0, 0.1) is 19.7 Å². The maximum Gasteiger partial charge on any atom is 0.374 e. The van der Waals surface area contributed by atoms with Gasteiger partial charge >= 0.3 is 12.0 Å². The maximum absolute atomic E-state index is 12.9. The number of hydrogen-bond donors (Lipinski definition) is 2. The molecule has 0 aliphatic carbocycles. The quantitative estimate of drug-likeness (QED) is 0.535. The van der Waals surface area contributed by atoms with Crippen LogP contribution in [-0.4, -0.2) is 24.5 Å². The van der Waals surface area contributed by atoms with Crippen LogP contribution in [0.1, 0.15) is 27.4 Å². The highest BCUT2D eigenvalue weighted by molar-refractivity contribution is 6.02. The van der Waals surface area contributed by atoms with Gasteiger partial charge in [-0.05, 0) is 67.4 Å². The highest BCUT2D eigenvalue weighted by atomic mass is 19.1. The molecule has 0 radical (unpaired) electrons. The van der Waals surface area contributed by atoms with Crippen LogP contribution in [0.25, 0.3) is 0 Å². The van der Waals surface area contributed by atoms with Gasteiger partial charge in [0.1, 0.15) is 23.9 Å². The summed E-state index contributed by atoms with van der Waals surface area (Å²) in [6.45, 7) is 3.09. The van der Waals surface area contributed by atoms with Gasteiger partial charge in [-0.15, -0.1) is 0 Å². The Morgan fingerprint density at radius 3 is 2.50 bits per heavy atom. The number of rotatable bonds is 7. The van der Waals surface area contributed by atoms with Crippen LogP contribution in [0.2, 0.25) is 0 Å². The third kappa shape index (κ3) is 6.18. The van der Waals surface area contributed by atoms with E-state index >= 15 is 0 Å². The van der Waals surface area contributed by atoms with Gasteiger partial charge in [0.05, 0.1) is 0 Å². The molecular weight excluding hydrogens is 419 g/mol. The SMILES string of the molecule is Cc1cccc(NC(=O)NC(=O)COC(=O)c2ccc(COc3ccc(F)cc3)o2)c1C. The number of carbonyl (C=O) groups is 3. The molecule has 2 N–H and O–H groups in total. The first-order chi connectivity index (χ1) is 15.3. The van der Waals surface area contributed by atoms with Crippen LogP contribution in [0.4, 0.5) is 14.9 Å². The van der Waals surface area contributed by atoms with Crippen LogP contribution in [0.5, 0.6) is 5.75 Å². The summed E-state index contributed by atoms with van der Waals surface area (Å²) in [7, 11) is 0. The number of imide groups is 1. The molecule has 2 aromatic carbocycles. The van der Waals surface area contributed by atoms with Crippen molar-refractivity contribution >= 4 is 23.6 Å². The number of urea groups is 1. The first kappa shape index (κ1) is 22.5. The molecule has 0 fully saturated rings. The third-order valence-corrected chi connectivity index (χ3v) is 4.50. The lowest BCUT2D eigenvalue weighted by Gasteiger charge is -2.10. The molecule has 9 heteroatoms. The predicted octanol–water partition coefficient (Wildman–Crippen LogP) is 4.12. The standard InChI is InChI=1S/C23H21FN2O6/c1-14-4-3-5-19(15(14)2)25-23(29)26-21(27)13-31-22(28)20-11-10-18(32-20)12-30-17-8-6-16(24)7-9-17/h3-11H,12-13H2,1-2H3,(H2,25,26,27,29). The van der Waals surface area contributed by atoms with E-state index in [1.807, 2.05) is 19.9 Å². The molecule has 0 bridgehead atoms. The van der Waals surface area contributed by atoms with Gasteiger partial charge in [-0.25, -0.2) is 14.0 Å². The summed E-state index contributed by atoms with van der Waals surface area (Å²) in [6, 6.07) is 13.0. The van der Waals surface area contributed by atoms with Crippen molar-refractivity contribution in [2.45, 2.75) is 20.5 Å². The van der Waals surface area contributed by atoms with Crippen molar-refractivity contribution in [3.63, 3.8) is 0 Å². The number of esters is 1. The molecule has 0 saturated carbocycles. The van der Waals surface area contributed by atoms with Crippen LogP contribution in [0.15, 0.2) is 59.0 Å². The van der Waals surface area contributed by atoms with Crippen LogP contribution in [0.3, 0.4) is 0 Å². The summed E-state index contributed by atoms with van der Waals surface area (Å²) in [5.74, 6) is -1.42. The molecule has 32 heavy (non-hydrogen) atoms. The molecular formula is C23H21FN2O6. The number of hydrogen-bond acceptors (Lipinski definition) is 6. The van der Waals surface area contributed by atoms with Crippen molar-refractivity contribution in [3.05, 3.63) is 83.1 Å². The third-order valence-electron chi connectivity index (χ3n) is 4.50. The Kier molecular flexibility index (Phi) is 7.22. The van der Waals surface area contributed by atoms with E-state index in [9.17, 15) is 18.8 Å². The van der Waals surface area contributed by atoms with E-state index in [0.717, 1.165) is 11.1 Å². The molecule has 0 aliphatic heterocycles. The van der Waals surface area contributed by atoms with Crippen molar-refractivity contribution in [3.8, 4) is 5.75 Å². The highest BCUT2D eigenvalue weighted by Crippen LogP contribution is 2.18. The molecule has 3 amide bonds. The monoisotopic (exact) mass is 440 g/mol. The normalized spacial score (nSPS) is 10.3. The summed E-state index contributed by atoms with van der Waals surface area (Å²) in [5, 5.41) is 4.66. The highest BCUT2D eigenvalue weighted by Gasteiger charge is 2.16. The number of aryl methyl sites for hydroxylation is 1. The Hall–Kier alpha value is -4.14. The molecule has 0 saturated heterocycles. The average Bonchev–Trinajstić information content (AvgIpc) is 3.24. The molecule has 1 heterocycles. The summed E-state index contributed by atoms with van der Waals surface area (Å²) < 4.78 is 28.5. The largest absolute Gasteiger partial charge is 0.486 e. The van der Waals surface area contributed by atoms with Gasteiger partial charge in [0.2, 0.25) is 5.76 Å². The minimum atomic E-state index is -0.872. The smallest absolute Gasteiger partial charge is 0.374 e. The lowest BCUT2D eigenvalue weighted by atomic mass is 10.1. The van der Waals surface area contributed by atoms with Crippen LogP contribution >= 0.6 is 0 Å². The number of benzene rings is 2. The van der Waals surface area contributed by atoms with E-state index in [0.29, 0.717) is 17.2 Å².